The second-order valence-corrected chi connectivity index (χ2v) is 5.69. The number of rotatable bonds is 5. The Morgan fingerprint density at radius 2 is 1.78 bits per heavy atom. The van der Waals surface area contributed by atoms with Crippen LogP contribution in [-0.2, 0) is 4.74 Å². The van der Waals surface area contributed by atoms with Crippen molar-refractivity contribution in [3.8, 4) is 0 Å². The summed E-state index contributed by atoms with van der Waals surface area (Å²) in [4.78, 5) is 0. The van der Waals surface area contributed by atoms with Gasteiger partial charge in [-0.3, -0.25) is 0 Å². The highest BCUT2D eigenvalue weighted by Gasteiger charge is 2.21. The van der Waals surface area contributed by atoms with Crippen LogP contribution in [0.2, 0.25) is 5.02 Å². The molecule has 2 heteroatoms. The van der Waals surface area contributed by atoms with Crippen molar-refractivity contribution in [1.29, 1.82) is 0 Å². The monoisotopic (exact) mass is 266 g/mol. The van der Waals surface area contributed by atoms with Gasteiger partial charge in [-0.05, 0) is 68.6 Å². The molecule has 0 aromatic heterocycles. The zero-order chi connectivity index (χ0) is 12.8. The van der Waals surface area contributed by atoms with Gasteiger partial charge >= 0.3 is 0 Å². The van der Waals surface area contributed by atoms with Crippen molar-refractivity contribution in [3.05, 3.63) is 34.9 Å². The molecule has 100 valence electrons. The van der Waals surface area contributed by atoms with E-state index in [4.69, 9.17) is 16.3 Å². The Hall–Kier alpha value is -0.530. The van der Waals surface area contributed by atoms with Crippen LogP contribution in [0, 0.1) is 5.92 Å². The first kappa shape index (κ1) is 13.9. The highest BCUT2D eigenvalue weighted by molar-refractivity contribution is 6.30. The van der Waals surface area contributed by atoms with Gasteiger partial charge in [0.1, 0.15) is 0 Å². The van der Waals surface area contributed by atoms with Gasteiger partial charge in [0, 0.05) is 18.2 Å². The molecule has 0 saturated heterocycles. The second kappa shape index (κ2) is 7.16. The molecule has 1 aromatic rings. The SMILES string of the molecule is CCOCCC1CCC(c2ccc(Cl)cc2)CC1. The highest BCUT2D eigenvalue weighted by atomic mass is 35.5. The maximum absolute atomic E-state index is 5.93. The van der Waals surface area contributed by atoms with E-state index >= 15 is 0 Å². The van der Waals surface area contributed by atoms with Gasteiger partial charge in [-0.1, -0.05) is 23.7 Å². The number of ether oxygens (including phenoxy) is 1. The molecule has 0 bridgehead atoms. The van der Waals surface area contributed by atoms with Gasteiger partial charge in [0.05, 0.1) is 0 Å². The number of benzene rings is 1. The Bertz CT molecular complexity index is 339. The minimum absolute atomic E-state index is 0.741. The quantitative estimate of drug-likeness (QED) is 0.679. The van der Waals surface area contributed by atoms with Crippen molar-refractivity contribution in [2.45, 2.75) is 44.9 Å². The van der Waals surface area contributed by atoms with Crippen LogP contribution in [0.1, 0.15) is 50.5 Å². The lowest BCUT2D eigenvalue weighted by molar-refractivity contribution is 0.123. The van der Waals surface area contributed by atoms with Crippen molar-refractivity contribution in [2.75, 3.05) is 13.2 Å². The molecule has 0 unspecified atom stereocenters. The van der Waals surface area contributed by atoms with E-state index in [1.807, 2.05) is 12.1 Å². The van der Waals surface area contributed by atoms with E-state index in [2.05, 4.69) is 19.1 Å². The lowest BCUT2D eigenvalue weighted by Crippen LogP contribution is -2.15. The predicted octanol–water partition coefficient (Wildman–Crippen LogP) is 5.04. The van der Waals surface area contributed by atoms with Crippen LogP contribution in [0.25, 0.3) is 0 Å². The van der Waals surface area contributed by atoms with E-state index in [1.165, 1.54) is 37.7 Å². The van der Waals surface area contributed by atoms with E-state index in [1.54, 1.807) is 0 Å². The van der Waals surface area contributed by atoms with Crippen LogP contribution in [-0.4, -0.2) is 13.2 Å². The molecule has 1 nitrogen and oxygen atoms in total. The molecule has 0 atom stereocenters. The zero-order valence-electron chi connectivity index (χ0n) is 11.2. The third-order valence-electron chi connectivity index (χ3n) is 4.06. The summed E-state index contributed by atoms with van der Waals surface area (Å²) in [6, 6.07) is 8.40. The van der Waals surface area contributed by atoms with Crippen LogP contribution < -0.4 is 0 Å². The summed E-state index contributed by atoms with van der Waals surface area (Å²) in [5.74, 6) is 1.62. The molecule has 1 fully saturated rings. The normalized spacial score (nSPS) is 24.1. The maximum atomic E-state index is 5.93. The fourth-order valence-electron chi connectivity index (χ4n) is 2.91. The van der Waals surface area contributed by atoms with Crippen LogP contribution in [0.4, 0.5) is 0 Å². The third-order valence-corrected chi connectivity index (χ3v) is 4.31. The van der Waals surface area contributed by atoms with E-state index in [0.717, 1.165) is 30.1 Å². The summed E-state index contributed by atoms with van der Waals surface area (Å²) in [6.45, 7) is 3.85. The van der Waals surface area contributed by atoms with E-state index in [-0.39, 0.29) is 0 Å². The van der Waals surface area contributed by atoms with Crippen LogP contribution >= 0.6 is 11.6 Å². The van der Waals surface area contributed by atoms with Crippen LogP contribution in [0.15, 0.2) is 24.3 Å². The maximum Gasteiger partial charge on any atom is 0.0468 e. The van der Waals surface area contributed by atoms with Crippen molar-refractivity contribution in [2.24, 2.45) is 5.92 Å². The molecule has 0 heterocycles. The molecule has 0 radical (unpaired) electrons. The average molecular weight is 267 g/mol. The summed E-state index contributed by atoms with van der Waals surface area (Å²) in [5, 5.41) is 0.837. The van der Waals surface area contributed by atoms with Crippen LogP contribution in [0.3, 0.4) is 0 Å². The third kappa shape index (κ3) is 4.00. The minimum atomic E-state index is 0.741. The smallest absolute Gasteiger partial charge is 0.0468 e. The second-order valence-electron chi connectivity index (χ2n) is 5.25. The first-order valence-corrected chi connectivity index (χ1v) is 7.50. The number of halogens is 1. The zero-order valence-corrected chi connectivity index (χ0v) is 12.0. The molecule has 2 rings (SSSR count). The number of hydrogen-bond donors (Lipinski definition) is 0. The Labute approximate surface area is 115 Å². The fourth-order valence-corrected chi connectivity index (χ4v) is 3.04. The first-order chi connectivity index (χ1) is 8.79. The van der Waals surface area contributed by atoms with Gasteiger partial charge in [-0.15, -0.1) is 0 Å². The molecule has 0 N–H and O–H groups in total. The topological polar surface area (TPSA) is 9.23 Å². The highest BCUT2D eigenvalue weighted by Crippen LogP contribution is 2.37. The van der Waals surface area contributed by atoms with Crippen molar-refractivity contribution in [1.82, 2.24) is 0 Å². The Kier molecular flexibility index (Phi) is 5.52. The molecule has 18 heavy (non-hydrogen) atoms. The summed E-state index contributed by atoms with van der Waals surface area (Å²) >= 11 is 5.93. The average Bonchev–Trinajstić information content (AvgIpc) is 2.41. The van der Waals surface area contributed by atoms with Gasteiger partial charge in [0.15, 0.2) is 0 Å². The molecule has 0 spiro atoms. The lowest BCUT2D eigenvalue weighted by Gasteiger charge is -2.28. The van der Waals surface area contributed by atoms with Gasteiger partial charge in [0.2, 0.25) is 0 Å². The molecule has 1 aliphatic carbocycles. The molecule has 1 saturated carbocycles. The van der Waals surface area contributed by atoms with Crippen molar-refractivity contribution in [3.63, 3.8) is 0 Å². The Morgan fingerprint density at radius 3 is 2.39 bits per heavy atom. The molecule has 0 amide bonds. The summed E-state index contributed by atoms with van der Waals surface area (Å²) in [7, 11) is 0. The minimum Gasteiger partial charge on any atom is -0.382 e. The molecule has 0 aliphatic heterocycles. The number of hydrogen-bond acceptors (Lipinski definition) is 1. The van der Waals surface area contributed by atoms with Gasteiger partial charge in [-0.2, -0.15) is 0 Å². The van der Waals surface area contributed by atoms with E-state index in [9.17, 15) is 0 Å². The summed E-state index contributed by atoms with van der Waals surface area (Å²) < 4.78 is 5.45. The largest absolute Gasteiger partial charge is 0.382 e. The molecular weight excluding hydrogens is 244 g/mol. The van der Waals surface area contributed by atoms with Gasteiger partial charge < -0.3 is 4.74 Å². The van der Waals surface area contributed by atoms with E-state index in [0.29, 0.717) is 0 Å². The summed E-state index contributed by atoms with van der Waals surface area (Å²) in [5.41, 5.74) is 1.46. The van der Waals surface area contributed by atoms with Crippen molar-refractivity contribution >= 4 is 11.6 Å². The molecule has 1 aromatic carbocycles. The molecular formula is C16H23ClO. The first-order valence-electron chi connectivity index (χ1n) is 7.12. The Morgan fingerprint density at radius 1 is 1.11 bits per heavy atom. The summed E-state index contributed by atoms with van der Waals surface area (Å²) in [6.07, 6.45) is 6.57. The Balaban J connectivity index is 1.77. The lowest BCUT2D eigenvalue weighted by atomic mass is 9.78. The predicted molar refractivity (Wildman–Crippen MR) is 77.3 cm³/mol. The van der Waals surface area contributed by atoms with Gasteiger partial charge in [0.25, 0.3) is 0 Å². The standard InChI is InChI=1S/C16H23ClO/c1-2-18-12-11-13-3-5-14(6-4-13)15-7-9-16(17)10-8-15/h7-10,13-14H,2-6,11-12H2,1H3. The molecule has 1 aliphatic rings. The van der Waals surface area contributed by atoms with Crippen molar-refractivity contribution < 1.29 is 4.74 Å². The van der Waals surface area contributed by atoms with Gasteiger partial charge in [-0.25, -0.2) is 0 Å². The van der Waals surface area contributed by atoms with E-state index < -0.39 is 0 Å². The van der Waals surface area contributed by atoms with Crippen LogP contribution in [0.5, 0.6) is 0 Å². The fraction of sp³-hybridized carbons (Fsp3) is 0.625.